The van der Waals surface area contributed by atoms with E-state index in [9.17, 15) is 4.79 Å². The summed E-state index contributed by atoms with van der Waals surface area (Å²) in [6.45, 7) is 2.51. The molecule has 0 saturated carbocycles. The van der Waals surface area contributed by atoms with E-state index in [-0.39, 0.29) is 5.91 Å². The van der Waals surface area contributed by atoms with Gasteiger partial charge in [-0.15, -0.1) is 0 Å². The third-order valence-corrected chi connectivity index (χ3v) is 4.75. The van der Waals surface area contributed by atoms with Crippen LogP contribution in [0.4, 0.5) is 0 Å². The van der Waals surface area contributed by atoms with E-state index in [2.05, 4.69) is 12.2 Å². The summed E-state index contributed by atoms with van der Waals surface area (Å²) in [6, 6.07) is 20.8. The Balaban J connectivity index is 1.66. The van der Waals surface area contributed by atoms with E-state index in [4.69, 9.17) is 14.2 Å². The number of nitrogens with one attached hydrogen (secondary N) is 1. The number of hydrogen-bond acceptors (Lipinski definition) is 4. The molecular formula is C25H27NO4. The summed E-state index contributed by atoms with van der Waals surface area (Å²) < 4.78 is 16.6. The van der Waals surface area contributed by atoms with Crippen LogP contribution in [0.2, 0.25) is 0 Å². The molecule has 3 aromatic carbocycles. The van der Waals surface area contributed by atoms with E-state index < -0.39 is 0 Å². The molecule has 1 N–H and O–H groups in total. The Kier molecular flexibility index (Phi) is 7.33. The highest BCUT2D eigenvalue weighted by Crippen LogP contribution is 2.31. The molecule has 0 aromatic heterocycles. The first-order chi connectivity index (χ1) is 14.7. The molecule has 0 bridgehead atoms. The predicted octanol–water partition coefficient (Wildman–Crippen LogP) is 5.38. The first kappa shape index (κ1) is 21.2. The van der Waals surface area contributed by atoms with Gasteiger partial charge >= 0.3 is 0 Å². The second-order valence-corrected chi connectivity index (χ2v) is 6.82. The maximum atomic E-state index is 12.8. The molecule has 0 aliphatic carbocycles. The van der Waals surface area contributed by atoms with Gasteiger partial charge < -0.3 is 19.5 Å². The number of carbonyl (C=O) groups is 1. The van der Waals surface area contributed by atoms with Crippen molar-refractivity contribution in [2.24, 2.45) is 0 Å². The smallest absolute Gasteiger partial charge is 0.255 e. The fourth-order valence-electron chi connectivity index (χ4n) is 3.26. The van der Waals surface area contributed by atoms with Crippen LogP contribution in [0.25, 0.3) is 0 Å². The molecule has 5 heteroatoms. The first-order valence-electron chi connectivity index (χ1n) is 10.00. The summed E-state index contributed by atoms with van der Waals surface area (Å²) in [5.74, 6) is 2.49. The number of methoxy groups -OCH3 is 2. The fraction of sp³-hybridized carbons (Fsp3) is 0.240. The standard InChI is InChI=1S/C25H27NO4/c1-4-8-19-9-7-12-23(29-3)24(19)25(27)26-17-18-13-15-20(16-14-18)30-22-11-6-5-10-21(22)28-2/h5-7,9-16H,4,8,17H2,1-3H3,(H,26,27). The molecule has 0 atom stereocenters. The van der Waals surface area contributed by atoms with Gasteiger partial charge in [-0.1, -0.05) is 49.7 Å². The highest BCUT2D eigenvalue weighted by molar-refractivity contribution is 5.98. The third-order valence-electron chi connectivity index (χ3n) is 4.75. The minimum absolute atomic E-state index is 0.134. The number of ether oxygens (including phenoxy) is 3. The summed E-state index contributed by atoms with van der Waals surface area (Å²) in [4.78, 5) is 12.8. The summed E-state index contributed by atoms with van der Waals surface area (Å²) in [6.07, 6.45) is 1.79. The van der Waals surface area contributed by atoms with Crippen LogP contribution in [-0.4, -0.2) is 20.1 Å². The van der Waals surface area contributed by atoms with Crippen molar-refractivity contribution in [2.45, 2.75) is 26.3 Å². The number of carbonyl (C=O) groups excluding carboxylic acids is 1. The normalized spacial score (nSPS) is 10.4. The molecule has 156 valence electrons. The van der Waals surface area contributed by atoms with Gasteiger partial charge in [0.1, 0.15) is 11.5 Å². The van der Waals surface area contributed by atoms with Gasteiger partial charge in [0.25, 0.3) is 5.91 Å². The Morgan fingerprint density at radius 1 is 0.833 bits per heavy atom. The van der Waals surface area contributed by atoms with Crippen LogP contribution in [0.5, 0.6) is 23.0 Å². The van der Waals surface area contributed by atoms with Gasteiger partial charge in [0.05, 0.1) is 19.8 Å². The number of amides is 1. The van der Waals surface area contributed by atoms with E-state index in [0.717, 1.165) is 24.0 Å². The van der Waals surface area contributed by atoms with E-state index in [1.807, 2.05) is 66.7 Å². The van der Waals surface area contributed by atoms with E-state index in [1.54, 1.807) is 14.2 Å². The molecule has 0 saturated heterocycles. The van der Waals surface area contributed by atoms with Crippen molar-refractivity contribution in [3.63, 3.8) is 0 Å². The Bertz CT molecular complexity index is 983. The summed E-state index contributed by atoms with van der Waals surface area (Å²) >= 11 is 0. The van der Waals surface area contributed by atoms with Crippen LogP contribution in [0.15, 0.2) is 66.7 Å². The average molecular weight is 405 g/mol. The van der Waals surface area contributed by atoms with E-state index in [1.165, 1.54) is 0 Å². The Morgan fingerprint density at radius 3 is 2.17 bits per heavy atom. The zero-order chi connectivity index (χ0) is 21.3. The van der Waals surface area contributed by atoms with Crippen molar-refractivity contribution < 1.29 is 19.0 Å². The predicted molar refractivity (Wildman–Crippen MR) is 118 cm³/mol. The van der Waals surface area contributed by atoms with Crippen molar-refractivity contribution in [1.29, 1.82) is 0 Å². The van der Waals surface area contributed by atoms with Crippen LogP contribution in [0.1, 0.15) is 34.8 Å². The molecule has 0 aliphatic heterocycles. The van der Waals surface area contributed by atoms with Crippen molar-refractivity contribution in [3.05, 3.63) is 83.4 Å². The average Bonchev–Trinajstić information content (AvgIpc) is 2.78. The van der Waals surface area contributed by atoms with Crippen LogP contribution in [0, 0.1) is 0 Å². The monoisotopic (exact) mass is 405 g/mol. The van der Waals surface area contributed by atoms with Gasteiger partial charge in [0, 0.05) is 6.54 Å². The maximum Gasteiger partial charge on any atom is 0.255 e. The number of aryl methyl sites for hydroxylation is 1. The zero-order valence-corrected chi connectivity index (χ0v) is 17.6. The van der Waals surface area contributed by atoms with Gasteiger partial charge in [0.2, 0.25) is 0 Å². The lowest BCUT2D eigenvalue weighted by Crippen LogP contribution is -2.24. The lowest BCUT2D eigenvalue weighted by Gasteiger charge is -2.14. The van der Waals surface area contributed by atoms with Gasteiger partial charge in [-0.25, -0.2) is 0 Å². The zero-order valence-electron chi connectivity index (χ0n) is 17.6. The number of hydrogen-bond donors (Lipinski definition) is 1. The second kappa shape index (κ2) is 10.3. The minimum atomic E-state index is -0.134. The molecule has 3 aromatic rings. The summed E-state index contributed by atoms with van der Waals surface area (Å²) in [5, 5.41) is 3.00. The molecule has 3 rings (SSSR count). The maximum absolute atomic E-state index is 12.8. The molecule has 0 radical (unpaired) electrons. The largest absolute Gasteiger partial charge is 0.496 e. The van der Waals surface area contributed by atoms with E-state index >= 15 is 0 Å². The molecule has 0 spiro atoms. The Morgan fingerprint density at radius 2 is 1.50 bits per heavy atom. The number of rotatable bonds is 9. The SMILES string of the molecule is CCCc1cccc(OC)c1C(=O)NCc1ccc(Oc2ccccc2OC)cc1. The van der Waals surface area contributed by atoms with Gasteiger partial charge in [-0.05, 0) is 47.9 Å². The molecule has 5 nitrogen and oxygen atoms in total. The lowest BCUT2D eigenvalue weighted by atomic mass is 10.0. The van der Waals surface area contributed by atoms with Crippen molar-refractivity contribution >= 4 is 5.91 Å². The Labute approximate surface area is 177 Å². The molecule has 1 amide bonds. The van der Waals surface area contributed by atoms with Crippen LogP contribution in [0.3, 0.4) is 0 Å². The van der Waals surface area contributed by atoms with Crippen LogP contribution < -0.4 is 19.5 Å². The van der Waals surface area contributed by atoms with Crippen LogP contribution >= 0.6 is 0 Å². The van der Waals surface area contributed by atoms with E-state index in [0.29, 0.717) is 35.1 Å². The molecule has 0 fully saturated rings. The quantitative estimate of drug-likeness (QED) is 0.519. The minimum Gasteiger partial charge on any atom is -0.496 e. The second-order valence-electron chi connectivity index (χ2n) is 6.82. The van der Waals surface area contributed by atoms with Crippen molar-refractivity contribution in [1.82, 2.24) is 5.32 Å². The van der Waals surface area contributed by atoms with Gasteiger partial charge in [-0.3, -0.25) is 4.79 Å². The first-order valence-corrected chi connectivity index (χ1v) is 10.00. The number of benzene rings is 3. The Hall–Kier alpha value is -3.47. The highest BCUT2D eigenvalue weighted by Gasteiger charge is 2.16. The van der Waals surface area contributed by atoms with Gasteiger partial charge in [0.15, 0.2) is 11.5 Å². The summed E-state index contributed by atoms with van der Waals surface area (Å²) in [5.41, 5.74) is 2.58. The number of para-hydroxylation sites is 2. The van der Waals surface area contributed by atoms with Gasteiger partial charge in [-0.2, -0.15) is 0 Å². The van der Waals surface area contributed by atoms with Crippen molar-refractivity contribution in [2.75, 3.05) is 14.2 Å². The summed E-state index contributed by atoms with van der Waals surface area (Å²) in [7, 11) is 3.20. The fourth-order valence-corrected chi connectivity index (χ4v) is 3.26. The van der Waals surface area contributed by atoms with Crippen molar-refractivity contribution in [3.8, 4) is 23.0 Å². The molecule has 0 aliphatic rings. The molecular weight excluding hydrogens is 378 g/mol. The molecule has 30 heavy (non-hydrogen) atoms. The molecule has 0 unspecified atom stereocenters. The topological polar surface area (TPSA) is 56.8 Å². The van der Waals surface area contributed by atoms with Crippen LogP contribution in [-0.2, 0) is 13.0 Å². The molecule has 0 heterocycles. The lowest BCUT2D eigenvalue weighted by molar-refractivity contribution is 0.0947. The highest BCUT2D eigenvalue weighted by atomic mass is 16.5. The third kappa shape index (κ3) is 5.11.